The van der Waals surface area contributed by atoms with E-state index in [-0.39, 0.29) is 25.6 Å². The normalized spacial score (nSPS) is 12.4. The smallest absolute Gasteiger partial charge is 0.409 e. The van der Waals surface area contributed by atoms with E-state index in [1.165, 1.54) is 4.57 Å². The van der Waals surface area contributed by atoms with Crippen LogP contribution in [0.3, 0.4) is 0 Å². The number of benzene rings is 1. The molecule has 9 nitrogen and oxygen atoms in total. The van der Waals surface area contributed by atoms with Crippen molar-refractivity contribution in [2.75, 3.05) is 6.61 Å². The molecular weight excluding hydrogens is 470 g/mol. The average molecular weight is 486 g/mol. The molecule has 1 amide bonds. The number of hydrogen-bond acceptors (Lipinski definition) is 6. The second kappa shape index (κ2) is 10.3. The lowest BCUT2D eigenvalue weighted by Gasteiger charge is -2.25. The summed E-state index contributed by atoms with van der Waals surface area (Å²) >= 11 is 23.6. The molecule has 0 aliphatic carbocycles. The van der Waals surface area contributed by atoms with E-state index < -0.39 is 21.0 Å². The van der Waals surface area contributed by atoms with E-state index in [9.17, 15) is 14.9 Å². The molecule has 0 aliphatic rings. The van der Waals surface area contributed by atoms with Crippen molar-refractivity contribution in [2.45, 2.75) is 30.1 Å². The van der Waals surface area contributed by atoms with Crippen molar-refractivity contribution in [2.24, 2.45) is 0 Å². The van der Waals surface area contributed by atoms with Gasteiger partial charge in [0.1, 0.15) is 19.3 Å². The van der Waals surface area contributed by atoms with Gasteiger partial charge in [0.05, 0.1) is 6.61 Å². The summed E-state index contributed by atoms with van der Waals surface area (Å²) in [4.78, 5) is 26.3. The molecule has 1 aromatic heterocycles. The number of alkyl halides is 3. The Morgan fingerprint density at radius 2 is 2.07 bits per heavy atom. The number of imidazole rings is 1. The van der Waals surface area contributed by atoms with Gasteiger partial charge in [0, 0.05) is 11.9 Å². The Labute approximate surface area is 185 Å². The summed E-state index contributed by atoms with van der Waals surface area (Å²) in [5.41, 5.74) is 0.631. The monoisotopic (exact) mass is 484 g/mol. The first-order chi connectivity index (χ1) is 13.6. The Morgan fingerprint density at radius 1 is 1.38 bits per heavy atom. The summed E-state index contributed by atoms with van der Waals surface area (Å²) in [5, 5.41) is 13.7. The van der Waals surface area contributed by atoms with Gasteiger partial charge in [-0.2, -0.15) is 0 Å². The zero-order chi connectivity index (χ0) is 21.6. The lowest BCUT2D eigenvalue weighted by molar-refractivity contribution is -0.392. The van der Waals surface area contributed by atoms with E-state index in [0.717, 1.165) is 6.20 Å². The van der Waals surface area contributed by atoms with Crippen LogP contribution in [0.5, 0.6) is 0 Å². The first kappa shape index (κ1) is 23.5. The maximum atomic E-state index is 12.0. The predicted octanol–water partition coefficient (Wildman–Crippen LogP) is 4.39. The minimum absolute atomic E-state index is 0.0223. The van der Waals surface area contributed by atoms with Crippen molar-refractivity contribution in [1.82, 2.24) is 14.9 Å². The van der Waals surface area contributed by atoms with E-state index in [0.29, 0.717) is 16.4 Å². The Bertz CT molecular complexity index is 871. The number of nitrogens with zero attached hydrogens (tertiary/aromatic N) is 3. The molecule has 0 fully saturated rings. The summed E-state index contributed by atoms with van der Waals surface area (Å²) in [7, 11) is 0. The number of nitro groups is 1. The number of hydrogen-bond donors (Lipinski definition) is 1. The van der Waals surface area contributed by atoms with Crippen LogP contribution < -0.4 is 5.32 Å². The topological polar surface area (TPSA) is 109 Å². The fourth-order valence-electron chi connectivity index (χ4n) is 2.26. The number of amides is 1. The first-order valence-electron chi connectivity index (χ1n) is 8.11. The molecule has 1 aromatic carbocycles. The standard InChI is InChI=1S/C16H16Cl4N4O5/c1-10-21-8-13(24(26)27)23(10)6-7-28-15(25)22-14(16(18,19)20)29-9-11-4-2-3-5-12(11)17/h2-5,8,14H,6-7,9H2,1H3,(H,22,25). The molecule has 1 atom stereocenters. The number of nitrogens with one attached hydrogen (secondary N) is 1. The summed E-state index contributed by atoms with van der Waals surface area (Å²) in [6, 6.07) is 6.90. The summed E-state index contributed by atoms with van der Waals surface area (Å²) in [5.74, 6) is 0.191. The van der Waals surface area contributed by atoms with Crippen LogP contribution in [-0.2, 0) is 22.6 Å². The van der Waals surface area contributed by atoms with Crippen LogP contribution in [0, 0.1) is 17.0 Å². The van der Waals surface area contributed by atoms with E-state index in [1.54, 1.807) is 31.2 Å². The van der Waals surface area contributed by atoms with Crippen LogP contribution in [0.4, 0.5) is 10.6 Å². The number of rotatable bonds is 8. The highest BCUT2D eigenvalue weighted by atomic mass is 35.6. The van der Waals surface area contributed by atoms with Gasteiger partial charge in [0.25, 0.3) is 0 Å². The number of carbonyl (C=O) groups is 1. The van der Waals surface area contributed by atoms with Gasteiger partial charge in [0.15, 0.2) is 12.1 Å². The van der Waals surface area contributed by atoms with Crippen molar-refractivity contribution in [1.29, 1.82) is 0 Å². The highest BCUT2D eigenvalue weighted by Crippen LogP contribution is 2.32. The molecule has 0 spiro atoms. The summed E-state index contributed by atoms with van der Waals surface area (Å²) in [6.45, 7) is 1.41. The van der Waals surface area contributed by atoms with E-state index >= 15 is 0 Å². The number of aryl methyl sites for hydroxylation is 1. The Balaban J connectivity index is 1.91. The molecule has 0 aliphatic heterocycles. The van der Waals surface area contributed by atoms with Gasteiger partial charge in [-0.05, 0) is 16.6 Å². The van der Waals surface area contributed by atoms with Gasteiger partial charge in [-0.15, -0.1) is 0 Å². The van der Waals surface area contributed by atoms with Crippen LogP contribution in [0.2, 0.25) is 5.02 Å². The van der Waals surface area contributed by atoms with Crippen molar-refractivity contribution in [3.63, 3.8) is 0 Å². The van der Waals surface area contributed by atoms with Crippen LogP contribution in [0.15, 0.2) is 30.5 Å². The molecule has 1 heterocycles. The van der Waals surface area contributed by atoms with Gasteiger partial charge in [-0.25, -0.2) is 14.3 Å². The van der Waals surface area contributed by atoms with Crippen LogP contribution >= 0.6 is 46.4 Å². The van der Waals surface area contributed by atoms with Crippen molar-refractivity contribution >= 4 is 58.3 Å². The molecule has 0 saturated heterocycles. The maximum Gasteiger partial charge on any atom is 0.409 e. The number of ether oxygens (including phenoxy) is 2. The summed E-state index contributed by atoms with van der Waals surface area (Å²) < 4.78 is 9.79. The first-order valence-corrected chi connectivity index (χ1v) is 9.62. The largest absolute Gasteiger partial charge is 0.445 e. The van der Waals surface area contributed by atoms with Gasteiger partial charge in [-0.1, -0.05) is 64.6 Å². The highest BCUT2D eigenvalue weighted by Gasteiger charge is 2.35. The van der Waals surface area contributed by atoms with Gasteiger partial charge < -0.3 is 19.6 Å². The molecule has 1 unspecified atom stereocenters. The fraction of sp³-hybridized carbons (Fsp3) is 0.375. The third kappa shape index (κ3) is 6.90. The quantitative estimate of drug-likeness (QED) is 0.257. The van der Waals surface area contributed by atoms with E-state index in [1.807, 2.05) is 0 Å². The zero-order valence-corrected chi connectivity index (χ0v) is 18.0. The molecule has 2 aromatic rings. The predicted molar refractivity (Wildman–Crippen MR) is 108 cm³/mol. The second-order valence-electron chi connectivity index (χ2n) is 5.68. The van der Waals surface area contributed by atoms with Crippen molar-refractivity contribution < 1.29 is 19.2 Å². The number of halogens is 4. The van der Waals surface area contributed by atoms with Crippen LogP contribution in [0.1, 0.15) is 11.4 Å². The minimum atomic E-state index is -1.99. The Hall–Kier alpha value is -1.78. The molecule has 1 N–H and O–H groups in total. The third-order valence-corrected chi connectivity index (χ3v) is 4.64. The number of alkyl carbamates (subject to hydrolysis) is 1. The van der Waals surface area contributed by atoms with Crippen LogP contribution in [-0.4, -0.2) is 37.2 Å². The molecule has 0 saturated carbocycles. The van der Waals surface area contributed by atoms with Gasteiger partial charge >= 0.3 is 11.9 Å². The average Bonchev–Trinajstić information content (AvgIpc) is 3.00. The fourth-order valence-corrected chi connectivity index (χ4v) is 2.81. The highest BCUT2D eigenvalue weighted by molar-refractivity contribution is 6.68. The lowest BCUT2D eigenvalue weighted by atomic mass is 10.2. The molecular formula is C16H16Cl4N4O5. The maximum absolute atomic E-state index is 12.0. The zero-order valence-electron chi connectivity index (χ0n) is 15.0. The Morgan fingerprint density at radius 3 is 2.69 bits per heavy atom. The number of carbonyl (C=O) groups excluding carboxylic acids is 1. The third-order valence-electron chi connectivity index (χ3n) is 3.68. The summed E-state index contributed by atoms with van der Waals surface area (Å²) in [6.07, 6.45) is -1.14. The Kier molecular flexibility index (Phi) is 8.35. The van der Waals surface area contributed by atoms with Crippen molar-refractivity contribution in [3.05, 3.63) is 57.0 Å². The van der Waals surface area contributed by atoms with Crippen LogP contribution in [0.25, 0.3) is 0 Å². The SMILES string of the molecule is Cc1ncc([N+](=O)[O-])n1CCOC(=O)NC(OCc1ccccc1Cl)C(Cl)(Cl)Cl. The van der Waals surface area contributed by atoms with Crippen molar-refractivity contribution in [3.8, 4) is 0 Å². The molecule has 29 heavy (non-hydrogen) atoms. The lowest BCUT2D eigenvalue weighted by Crippen LogP contribution is -2.46. The second-order valence-corrected chi connectivity index (χ2v) is 8.45. The van der Waals surface area contributed by atoms with E-state index in [2.05, 4.69) is 10.3 Å². The molecule has 158 valence electrons. The number of aromatic nitrogens is 2. The molecule has 0 radical (unpaired) electrons. The van der Waals surface area contributed by atoms with E-state index in [4.69, 9.17) is 55.9 Å². The molecule has 2 rings (SSSR count). The molecule has 13 heteroatoms. The minimum Gasteiger partial charge on any atom is -0.445 e. The van der Waals surface area contributed by atoms with Gasteiger partial charge in [-0.3, -0.25) is 5.32 Å². The van der Waals surface area contributed by atoms with Gasteiger partial charge in [0.2, 0.25) is 3.79 Å². The molecule has 0 bridgehead atoms.